The predicted molar refractivity (Wildman–Crippen MR) is 74.2 cm³/mol. The highest BCUT2D eigenvalue weighted by Gasteiger charge is 2.18. The zero-order chi connectivity index (χ0) is 12.6. The zero-order valence-corrected chi connectivity index (χ0v) is 11.8. The van der Waals surface area contributed by atoms with Gasteiger partial charge in [0.1, 0.15) is 0 Å². The van der Waals surface area contributed by atoms with E-state index in [1.807, 2.05) is 12.5 Å². The molecule has 2 nitrogen and oxygen atoms in total. The summed E-state index contributed by atoms with van der Waals surface area (Å²) in [6, 6.07) is 0. The fraction of sp³-hybridized carbons (Fsp3) is 0.800. The monoisotopic (exact) mass is 236 g/mol. The van der Waals surface area contributed by atoms with Crippen molar-refractivity contribution in [1.29, 1.82) is 0 Å². The van der Waals surface area contributed by atoms with Gasteiger partial charge in [-0.15, -0.1) is 0 Å². The standard InChI is InChI=1S/C15H28N2/c1-4-5-6-7-8-9-10-11-15(2,3)17-13-12-16-14-17/h12-14H,4-11H2,1-3H3. The van der Waals surface area contributed by atoms with E-state index >= 15 is 0 Å². The average Bonchev–Trinajstić information content (AvgIpc) is 2.82. The molecule has 0 spiro atoms. The summed E-state index contributed by atoms with van der Waals surface area (Å²) in [6.45, 7) is 6.87. The summed E-state index contributed by atoms with van der Waals surface area (Å²) in [5.74, 6) is 0. The summed E-state index contributed by atoms with van der Waals surface area (Å²) >= 11 is 0. The number of hydrogen-bond acceptors (Lipinski definition) is 1. The van der Waals surface area contributed by atoms with Crippen molar-refractivity contribution in [2.45, 2.75) is 77.7 Å². The Morgan fingerprint density at radius 1 is 1.00 bits per heavy atom. The maximum Gasteiger partial charge on any atom is 0.0950 e. The lowest BCUT2D eigenvalue weighted by atomic mass is 9.96. The van der Waals surface area contributed by atoms with E-state index in [4.69, 9.17) is 0 Å². The molecule has 0 amide bonds. The fourth-order valence-corrected chi connectivity index (χ4v) is 2.26. The van der Waals surface area contributed by atoms with Crippen LogP contribution >= 0.6 is 0 Å². The molecule has 0 aliphatic rings. The lowest BCUT2D eigenvalue weighted by Gasteiger charge is -2.26. The van der Waals surface area contributed by atoms with Crippen molar-refractivity contribution in [3.63, 3.8) is 0 Å². The first-order valence-corrected chi connectivity index (χ1v) is 7.15. The maximum atomic E-state index is 4.13. The van der Waals surface area contributed by atoms with E-state index in [2.05, 4.69) is 36.5 Å². The minimum Gasteiger partial charge on any atom is -0.332 e. The number of hydrogen-bond donors (Lipinski definition) is 0. The summed E-state index contributed by atoms with van der Waals surface area (Å²) in [5, 5.41) is 0. The molecule has 0 unspecified atom stereocenters. The van der Waals surface area contributed by atoms with Crippen molar-refractivity contribution >= 4 is 0 Å². The Balaban J connectivity index is 2.10. The van der Waals surface area contributed by atoms with Gasteiger partial charge in [-0.2, -0.15) is 0 Å². The van der Waals surface area contributed by atoms with Crippen molar-refractivity contribution in [2.75, 3.05) is 0 Å². The quantitative estimate of drug-likeness (QED) is 0.565. The molecule has 0 aromatic carbocycles. The van der Waals surface area contributed by atoms with E-state index in [9.17, 15) is 0 Å². The van der Waals surface area contributed by atoms with Crippen LogP contribution in [0, 0.1) is 0 Å². The van der Waals surface area contributed by atoms with E-state index < -0.39 is 0 Å². The Kier molecular flexibility index (Phi) is 6.31. The first-order valence-electron chi connectivity index (χ1n) is 7.15. The van der Waals surface area contributed by atoms with E-state index in [0.717, 1.165) is 0 Å². The third-order valence-corrected chi connectivity index (χ3v) is 3.60. The van der Waals surface area contributed by atoms with Crippen LogP contribution < -0.4 is 0 Å². The molecular formula is C15H28N2. The molecule has 0 bridgehead atoms. The number of unbranched alkanes of at least 4 members (excludes halogenated alkanes) is 6. The first-order chi connectivity index (χ1) is 8.17. The topological polar surface area (TPSA) is 17.8 Å². The normalized spacial score (nSPS) is 11.9. The van der Waals surface area contributed by atoms with Crippen LogP contribution in [-0.2, 0) is 5.54 Å². The van der Waals surface area contributed by atoms with Crippen molar-refractivity contribution in [1.82, 2.24) is 9.55 Å². The second kappa shape index (κ2) is 7.52. The lowest BCUT2D eigenvalue weighted by Crippen LogP contribution is -2.24. The van der Waals surface area contributed by atoms with Crippen LogP contribution in [0.1, 0.15) is 72.1 Å². The molecule has 0 aliphatic heterocycles. The van der Waals surface area contributed by atoms with E-state index in [-0.39, 0.29) is 5.54 Å². The lowest BCUT2D eigenvalue weighted by molar-refractivity contribution is 0.313. The van der Waals surface area contributed by atoms with Gasteiger partial charge in [0, 0.05) is 17.9 Å². The molecule has 1 aromatic heterocycles. The Labute approximate surface area is 106 Å². The molecule has 0 fully saturated rings. The molecule has 0 radical (unpaired) electrons. The number of rotatable bonds is 9. The minimum absolute atomic E-state index is 0.222. The van der Waals surface area contributed by atoms with Crippen LogP contribution in [0.2, 0.25) is 0 Å². The van der Waals surface area contributed by atoms with Gasteiger partial charge in [-0.05, 0) is 20.3 Å². The predicted octanol–water partition coefficient (Wildman–Crippen LogP) is 4.76. The molecule has 0 aliphatic carbocycles. The van der Waals surface area contributed by atoms with Gasteiger partial charge in [0.05, 0.1) is 6.33 Å². The number of aromatic nitrogens is 2. The third-order valence-electron chi connectivity index (χ3n) is 3.60. The summed E-state index contributed by atoms with van der Waals surface area (Å²) in [6.07, 6.45) is 16.8. The third kappa shape index (κ3) is 5.38. The molecule has 1 heterocycles. The number of nitrogens with zero attached hydrogens (tertiary/aromatic N) is 2. The summed E-state index contributed by atoms with van der Waals surface area (Å²) in [7, 11) is 0. The second-order valence-corrected chi connectivity index (χ2v) is 5.65. The summed E-state index contributed by atoms with van der Waals surface area (Å²) in [5.41, 5.74) is 0.222. The van der Waals surface area contributed by atoms with E-state index in [1.54, 1.807) is 0 Å². The highest BCUT2D eigenvalue weighted by atomic mass is 15.1. The van der Waals surface area contributed by atoms with Gasteiger partial charge in [-0.3, -0.25) is 0 Å². The average molecular weight is 236 g/mol. The summed E-state index contributed by atoms with van der Waals surface area (Å²) in [4.78, 5) is 4.13. The number of imidazole rings is 1. The second-order valence-electron chi connectivity index (χ2n) is 5.65. The Hall–Kier alpha value is -0.790. The molecule has 0 saturated heterocycles. The van der Waals surface area contributed by atoms with Gasteiger partial charge in [-0.25, -0.2) is 4.98 Å². The van der Waals surface area contributed by atoms with Crippen LogP contribution in [0.4, 0.5) is 0 Å². The zero-order valence-electron chi connectivity index (χ0n) is 11.8. The van der Waals surface area contributed by atoms with Crippen molar-refractivity contribution in [3.05, 3.63) is 18.7 Å². The van der Waals surface area contributed by atoms with Crippen molar-refractivity contribution in [3.8, 4) is 0 Å². The van der Waals surface area contributed by atoms with Gasteiger partial charge in [0.2, 0.25) is 0 Å². The fourth-order valence-electron chi connectivity index (χ4n) is 2.26. The van der Waals surface area contributed by atoms with E-state index in [1.165, 1.54) is 51.4 Å². The highest BCUT2D eigenvalue weighted by Crippen LogP contribution is 2.22. The summed E-state index contributed by atoms with van der Waals surface area (Å²) < 4.78 is 2.23. The van der Waals surface area contributed by atoms with Gasteiger partial charge in [0.15, 0.2) is 0 Å². The molecule has 0 atom stereocenters. The molecule has 17 heavy (non-hydrogen) atoms. The highest BCUT2D eigenvalue weighted by molar-refractivity contribution is 4.85. The smallest absolute Gasteiger partial charge is 0.0950 e. The van der Waals surface area contributed by atoms with Crippen LogP contribution in [0.25, 0.3) is 0 Å². The molecule has 1 aromatic rings. The van der Waals surface area contributed by atoms with Crippen LogP contribution in [-0.4, -0.2) is 9.55 Å². The Morgan fingerprint density at radius 3 is 2.24 bits per heavy atom. The largest absolute Gasteiger partial charge is 0.332 e. The van der Waals surface area contributed by atoms with Gasteiger partial charge in [-0.1, -0.05) is 51.9 Å². The van der Waals surface area contributed by atoms with Crippen LogP contribution in [0.15, 0.2) is 18.7 Å². The molecule has 0 N–H and O–H groups in total. The SMILES string of the molecule is CCCCCCCCCC(C)(C)n1ccnc1. The minimum atomic E-state index is 0.222. The maximum absolute atomic E-state index is 4.13. The van der Waals surface area contributed by atoms with Gasteiger partial charge >= 0.3 is 0 Å². The Bertz CT molecular complexity index is 275. The van der Waals surface area contributed by atoms with E-state index in [0.29, 0.717) is 0 Å². The molecule has 98 valence electrons. The molecule has 2 heteroatoms. The van der Waals surface area contributed by atoms with Gasteiger partial charge < -0.3 is 4.57 Å². The van der Waals surface area contributed by atoms with Crippen LogP contribution in [0.3, 0.4) is 0 Å². The van der Waals surface area contributed by atoms with Crippen molar-refractivity contribution < 1.29 is 0 Å². The first kappa shape index (κ1) is 14.3. The molecule has 1 rings (SSSR count). The van der Waals surface area contributed by atoms with Crippen LogP contribution in [0.5, 0.6) is 0 Å². The molecule has 0 saturated carbocycles. The Morgan fingerprint density at radius 2 is 1.65 bits per heavy atom. The van der Waals surface area contributed by atoms with Crippen molar-refractivity contribution in [2.24, 2.45) is 0 Å². The van der Waals surface area contributed by atoms with Gasteiger partial charge in [0.25, 0.3) is 0 Å². The molecular weight excluding hydrogens is 208 g/mol.